The molecule has 3 nitrogen and oxygen atoms in total. The SMILES string of the molecule is CCCNC1CCCC(N2CCCC2CN(C)C)C1. The summed E-state index contributed by atoms with van der Waals surface area (Å²) in [6.45, 7) is 6.03. The van der Waals surface area contributed by atoms with Crippen molar-refractivity contribution in [1.29, 1.82) is 0 Å². The van der Waals surface area contributed by atoms with Crippen LogP contribution in [0.3, 0.4) is 0 Å². The lowest BCUT2D eigenvalue weighted by molar-refractivity contribution is 0.111. The van der Waals surface area contributed by atoms with Crippen molar-refractivity contribution in [2.75, 3.05) is 33.7 Å². The molecule has 0 radical (unpaired) electrons. The van der Waals surface area contributed by atoms with Crippen LogP contribution < -0.4 is 5.32 Å². The zero-order valence-corrected chi connectivity index (χ0v) is 13.2. The highest BCUT2D eigenvalue weighted by molar-refractivity contribution is 4.90. The molecule has 0 bridgehead atoms. The highest BCUT2D eigenvalue weighted by atomic mass is 15.2. The number of rotatable bonds is 6. The third-order valence-electron chi connectivity index (χ3n) is 4.80. The van der Waals surface area contributed by atoms with Gasteiger partial charge >= 0.3 is 0 Å². The first-order valence-corrected chi connectivity index (χ1v) is 8.34. The van der Waals surface area contributed by atoms with Crippen molar-refractivity contribution in [2.45, 2.75) is 70.0 Å². The standard InChI is InChI=1S/C16H33N3/c1-4-10-17-14-7-5-8-15(12-14)19-11-6-9-16(19)13-18(2)3/h14-17H,4-13H2,1-3H3. The molecule has 2 aliphatic rings. The van der Waals surface area contributed by atoms with E-state index >= 15 is 0 Å². The van der Waals surface area contributed by atoms with Crippen molar-refractivity contribution in [3.05, 3.63) is 0 Å². The van der Waals surface area contributed by atoms with E-state index in [1.165, 1.54) is 64.6 Å². The molecule has 3 unspecified atom stereocenters. The first-order valence-electron chi connectivity index (χ1n) is 8.34. The monoisotopic (exact) mass is 267 g/mol. The summed E-state index contributed by atoms with van der Waals surface area (Å²) < 4.78 is 0. The smallest absolute Gasteiger partial charge is 0.0226 e. The molecule has 1 N–H and O–H groups in total. The second kappa shape index (κ2) is 7.61. The Bertz CT molecular complexity index is 254. The minimum absolute atomic E-state index is 0.777. The van der Waals surface area contributed by atoms with Crippen molar-refractivity contribution in [3.63, 3.8) is 0 Å². The van der Waals surface area contributed by atoms with Gasteiger partial charge in [-0.25, -0.2) is 0 Å². The Labute approximate surface area is 119 Å². The Morgan fingerprint density at radius 3 is 2.74 bits per heavy atom. The van der Waals surface area contributed by atoms with E-state index in [1.54, 1.807) is 0 Å². The first kappa shape index (κ1) is 15.3. The van der Waals surface area contributed by atoms with E-state index < -0.39 is 0 Å². The molecule has 19 heavy (non-hydrogen) atoms. The van der Waals surface area contributed by atoms with Crippen molar-refractivity contribution >= 4 is 0 Å². The highest BCUT2D eigenvalue weighted by Crippen LogP contribution is 2.29. The second-order valence-electron chi connectivity index (χ2n) is 6.77. The fourth-order valence-corrected chi connectivity index (χ4v) is 3.96. The minimum Gasteiger partial charge on any atom is -0.314 e. The predicted octanol–water partition coefficient (Wildman–Crippen LogP) is 2.32. The Morgan fingerprint density at radius 1 is 1.16 bits per heavy atom. The summed E-state index contributed by atoms with van der Waals surface area (Å²) in [5.74, 6) is 0. The van der Waals surface area contributed by atoms with E-state index in [1.807, 2.05) is 0 Å². The lowest BCUT2D eigenvalue weighted by Crippen LogP contribution is -2.48. The van der Waals surface area contributed by atoms with E-state index in [0.29, 0.717) is 0 Å². The average Bonchev–Trinajstić information content (AvgIpc) is 2.84. The Morgan fingerprint density at radius 2 is 2.00 bits per heavy atom. The first-order chi connectivity index (χ1) is 9.20. The fraction of sp³-hybridized carbons (Fsp3) is 1.00. The molecule has 3 heteroatoms. The van der Waals surface area contributed by atoms with Gasteiger partial charge in [0.15, 0.2) is 0 Å². The maximum absolute atomic E-state index is 3.74. The van der Waals surface area contributed by atoms with Crippen LogP contribution in [0.2, 0.25) is 0 Å². The number of likely N-dealkylation sites (N-methyl/N-ethyl adjacent to an activating group) is 1. The number of nitrogens with zero attached hydrogens (tertiary/aromatic N) is 2. The Hall–Kier alpha value is -0.120. The number of hydrogen-bond donors (Lipinski definition) is 1. The summed E-state index contributed by atoms with van der Waals surface area (Å²) in [6, 6.07) is 2.43. The zero-order valence-electron chi connectivity index (χ0n) is 13.2. The second-order valence-corrected chi connectivity index (χ2v) is 6.77. The van der Waals surface area contributed by atoms with Crippen LogP contribution >= 0.6 is 0 Å². The largest absolute Gasteiger partial charge is 0.314 e. The molecular weight excluding hydrogens is 234 g/mol. The molecular formula is C16H33N3. The summed E-state index contributed by atoms with van der Waals surface area (Å²) in [6.07, 6.45) is 9.68. The van der Waals surface area contributed by atoms with Gasteiger partial charge in [-0.1, -0.05) is 13.3 Å². The molecule has 0 aromatic rings. The molecule has 1 saturated heterocycles. The van der Waals surface area contributed by atoms with Crippen molar-refractivity contribution < 1.29 is 0 Å². The van der Waals surface area contributed by atoms with Gasteiger partial charge in [-0.05, 0) is 65.7 Å². The van der Waals surface area contributed by atoms with Crippen LogP contribution in [0.25, 0.3) is 0 Å². The fourth-order valence-electron chi connectivity index (χ4n) is 3.96. The quantitative estimate of drug-likeness (QED) is 0.797. The number of hydrogen-bond acceptors (Lipinski definition) is 3. The molecule has 1 aliphatic carbocycles. The van der Waals surface area contributed by atoms with Crippen LogP contribution in [0, 0.1) is 0 Å². The lowest BCUT2D eigenvalue weighted by Gasteiger charge is -2.39. The summed E-state index contributed by atoms with van der Waals surface area (Å²) >= 11 is 0. The van der Waals surface area contributed by atoms with E-state index in [0.717, 1.165) is 18.1 Å². The van der Waals surface area contributed by atoms with E-state index in [-0.39, 0.29) is 0 Å². The van der Waals surface area contributed by atoms with Gasteiger partial charge in [0.1, 0.15) is 0 Å². The molecule has 0 aromatic heterocycles. The van der Waals surface area contributed by atoms with Crippen LogP contribution in [0.15, 0.2) is 0 Å². The summed E-state index contributed by atoms with van der Waals surface area (Å²) in [5.41, 5.74) is 0. The maximum atomic E-state index is 3.74. The Balaban J connectivity index is 1.85. The van der Waals surface area contributed by atoms with Gasteiger partial charge in [-0.2, -0.15) is 0 Å². The molecule has 2 rings (SSSR count). The molecule has 0 aromatic carbocycles. The van der Waals surface area contributed by atoms with E-state index in [9.17, 15) is 0 Å². The molecule has 112 valence electrons. The van der Waals surface area contributed by atoms with Gasteiger partial charge in [-0.15, -0.1) is 0 Å². The third kappa shape index (κ3) is 4.44. The molecule has 0 amide bonds. The van der Waals surface area contributed by atoms with E-state index in [4.69, 9.17) is 0 Å². The topological polar surface area (TPSA) is 18.5 Å². The molecule has 1 aliphatic heterocycles. The van der Waals surface area contributed by atoms with Crippen LogP contribution in [0.5, 0.6) is 0 Å². The van der Waals surface area contributed by atoms with Crippen LogP contribution in [-0.4, -0.2) is 61.7 Å². The van der Waals surface area contributed by atoms with Gasteiger partial charge < -0.3 is 10.2 Å². The van der Waals surface area contributed by atoms with Gasteiger partial charge in [-0.3, -0.25) is 4.90 Å². The molecule has 1 heterocycles. The van der Waals surface area contributed by atoms with Crippen molar-refractivity contribution in [3.8, 4) is 0 Å². The summed E-state index contributed by atoms with van der Waals surface area (Å²) in [7, 11) is 4.42. The van der Waals surface area contributed by atoms with Gasteiger partial charge in [0.2, 0.25) is 0 Å². The zero-order chi connectivity index (χ0) is 13.7. The van der Waals surface area contributed by atoms with Crippen molar-refractivity contribution in [2.24, 2.45) is 0 Å². The minimum atomic E-state index is 0.777. The van der Waals surface area contributed by atoms with Crippen LogP contribution in [0.1, 0.15) is 51.9 Å². The van der Waals surface area contributed by atoms with Gasteiger partial charge in [0.25, 0.3) is 0 Å². The van der Waals surface area contributed by atoms with Crippen LogP contribution in [-0.2, 0) is 0 Å². The highest BCUT2D eigenvalue weighted by Gasteiger charge is 2.33. The number of likely N-dealkylation sites (tertiary alicyclic amines) is 1. The predicted molar refractivity (Wildman–Crippen MR) is 82.6 cm³/mol. The van der Waals surface area contributed by atoms with Crippen molar-refractivity contribution in [1.82, 2.24) is 15.1 Å². The van der Waals surface area contributed by atoms with E-state index in [2.05, 4.69) is 36.1 Å². The summed E-state index contributed by atoms with van der Waals surface area (Å²) in [5, 5.41) is 3.74. The number of nitrogens with one attached hydrogen (secondary N) is 1. The summed E-state index contributed by atoms with van der Waals surface area (Å²) in [4.78, 5) is 5.19. The molecule has 3 atom stereocenters. The maximum Gasteiger partial charge on any atom is 0.0226 e. The molecule has 0 spiro atoms. The van der Waals surface area contributed by atoms with Crippen LogP contribution in [0.4, 0.5) is 0 Å². The average molecular weight is 267 g/mol. The lowest BCUT2D eigenvalue weighted by atomic mass is 9.89. The Kier molecular flexibility index (Phi) is 6.11. The van der Waals surface area contributed by atoms with Gasteiger partial charge in [0, 0.05) is 24.7 Å². The van der Waals surface area contributed by atoms with Gasteiger partial charge in [0.05, 0.1) is 0 Å². The molecule has 2 fully saturated rings. The normalized spacial score (nSPS) is 33.2. The molecule has 1 saturated carbocycles. The third-order valence-corrected chi connectivity index (χ3v) is 4.80.